The summed E-state index contributed by atoms with van der Waals surface area (Å²) in [4.78, 5) is 2.51. The van der Waals surface area contributed by atoms with E-state index in [4.69, 9.17) is 0 Å². The van der Waals surface area contributed by atoms with Gasteiger partial charge in [-0.3, -0.25) is 4.68 Å². The third-order valence-electron chi connectivity index (χ3n) is 3.90. The molecular weight excluding hydrogens is 234 g/mol. The Morgan fingerprint density at radius 1 is 1.21 bits per heavy atom. The predicted octanol–water partition coefficient (Wildman–Crippen LogP) is 3.25. The summed E-state index contributed by atoms with van der Waals surface area (Å²) in [5.74, 6) is 0. The fraction of sp³-hybridized carbons (Fsp3) is 0.438. The van der Waals surface area contributed by atoms with Gasteiger partial charge in [0.05, 0.1) is 6.20 Å². The molecule has 0 aliphatic carbocycles. The molecule has 0 N–H and O–H groups in total. The van der Waals surface area contributed by atoms with Crippen LogP contribution in [0.5, 0.6) is 0 Å². The zero-order chi connectivity index (χ0) is 13.4. The van der Waals surface area contributed by atoms with Gasteiger partial charge < -0.3 is 4.90 Å². The van der Waals surface area contributed by atoms with E-state index in [9.17, 15) is 0 Å². The van der Waals surface area contributed by atoms with Crippen molar-refractivity contribution in [3.05, 3.63) is 36.2 Å². The lowest BCUT2D eigenvalue weighted by Gasteiger charge is -2.34. The van der Waals surface area contributed by atoms with E-state index in [2.05, 4.69) is 48.2 Å². The fourth-order valence-electron chi connectivity index (χ4n) is 2.91. The summed E-state index contributed by atoms with van der Waals surface area (Å²) in [5, 5.41) is 4.25. The Morgan fingerprint density at radius 2 is 2.05 bits per heavy atom. The Kier molecular flexibility index (Phi) is 3.05. The van der Waals surface area contributed by atoms with Gasteiger partial charge in [-0.1, -0.05) is 6.07 Å². The minimum Gasteiger partial charge on any atom is -0.369 e. The van der Waals surface area contributed by atoms with Gasteiger partial charge in [0.1, 0.15) is 0 Å². The van der Waals surface area contributed by atoms with Gasteiger partial charge in [-0.05, 0) is 49.9 Å². The van der Waals surface area contributed by atoms with Crippen molar-refractivity contribution < 1.29 is 0 Å². The van der Waals surface area contributed by atoms with Crippen molar-refractivity contribution >= 4 is 5.69 Å². The number of nitrogens with zero attached hydrogens (tertiary/aromatic N) is 3. The third kappa shape index (κ3) is 2.25. The minimum atomic E-state index is 0.572. The summed E-state index contributed by atoms with van der Waals surface area (Å²) >= 11 is 0. The topological polar surface area (TPSA) is 21.1 Å². The van der Waals surface area contributed by atoms with E-state index in [1.807, 2.05) is 17.9 Å². The molecule has 2 heterocycles. The molecule has 3 nitrogen and oxygen atoms in total. The second-order valence-corrected chi connectivity index (χ2v) is 5.64. The van der Waals surface area contributed by atoms with Crippen LogP contribution in [0.1, 0.15) is 25.8 Å². The van der Waals surface area contributed by atoms with Crippen molar-refractivity contribution in [1.29, 1.82) is 0 Å². The van der Waals surface area contributed by atoms with E-state index in [0.29, 0.717) is 6.04 Å². The molecule has 3 heteroatoms. The molecule has 0 bridgehead atoms. The van der Waals surface area contributed by atoms with Gasteiger partial charge in [-0.25, -0.2) is 0 Å². The summed E-state index contributed by atoms with van der Waals surface area (Å²) < 4.78 is 1.86. The largest absolute Gasteiger partial charge is 0.369 e. The molecule has 0 saturated heterocycles. The standard InChI is InChI=1S/C16H21N3/c1-12(2)19-8-4-5-14-9-13(6-7-16(14)19)15-10-17-18(3)11-15/h6-7,9-12H,4-5,8H2,1-3H3. The Labute approximate surface area is 114 Å². The average molecular weight is 255 g/mol. The monoisotopic (exact) mass is 255 g/mol. The lowest BCUT2D eigenvalue weighted by Crippen LogP contribution is -2.35. The molecule has 1 aromatic carbocycles. The maximum Gasteiger partial charge on any atom is 0.0568 e. The molecule has 3 rings (SSSR count). The molecule has 1 aromatic heterocycles. The first-order valence-corrected chi connectivity index (χ1v) is 7.04. The molecule has 0 saturated carbocycles. The Hall–Kier alpha value is -1.77. The van der Waals surface area contributed by atoms with Gasteiger partial charge in [0, 0.05) is 37.1 Å². The molecule has 19 heavy (non-hydrogen) atoms. The molecule has 1 aliphatic heterocycles. The third-order valence-corrected chi connectivity index (χ3v) is 3.90. The smallest absolute Gasteiger partial charge is 0.0568 e. The predicted molar refractivity (Wildman–Crippen MR) is 79.4 cm³/mol. The van der Waals surface area contributed by atoms with E-state index in [-0.39, 0.29) is 0 Å². The summed E-state index contributed by atoms with van der Waals surface area (Å²) in [5.41, 5.74) is 5.36. The van der Waals surface area contributed by atoms with Crippen LogP contribution in [0.25, 0.3) is 11.1 Å². The zero-order valence-electron chi connectivity index (χ0n) is 11.9. The van der Waals surface area contributed by atoms with Gasteiger partial charge in [-0.15, -0.1) is 0 Å². The van der Waals surface area contributed by atoms with Gasteiger partial charge in [0.2, 0.25) is 0 Å². The van der Waals surface area contributed by atoms with Crippen molar-refractivity contribution in [3.8, 4) is 11.1 Å². The highest BCUT2D eigenvalue weighted by molar-refractivity contribution is 5.69. The van der Waals surface area contributed by atoms with Crippen molar-refractivity contribution in [2.24, 2.45) is 7.05 Å². The average Bonchev–Trinajstić information content (AvgIpc) is 2.84. The number of fused-ring (bicyclic) bond motifs is 1. The number of hydrogen-bond donors (Lipinski definition) is 0. The van der Waals surface area contributed by atoms with Crippen LogP contribution in [0.15, 0.2) is 30.6 Å². The van der Waals surface area contributed by atoms with Crippen LogP contribution in [0, 0.1) is 0 Å². The molecule has 0 amide bonds. The molecular formula is C16H21N3. The SMILES string of the molecule is CC(C)N1CCCc2cc(-c3cnn(C)c3)ccc21. The van der Waals surface area contributed by atoms with E-state index in [1.165, 1.54) is 41.8 Å². The van der Waals surface area contributed by atoms with Crippen molar-refractivity contribution in [2.75, 3.05) is 11.4 Å². The maximum absolute atomic E-state index is 4.25. The van der Waals surface area contributed by atoms with Crippen LogP contribution in [0.3, 0.4) is 0 Å². The molecule has 0 atom stereocenters. The van der Waals surface area contributed by atoms with E-state index in [1.54, 1.807) is 0 Å². The van der Waals surface area contributed by atoms with E-state index in [0.717, 1.165) is 0 Å². The number of hydrogen-bond acceptors (Lipinski definition) is 2. The summed E-state index contributed by atoms with van der Waals surface area (Å²) in [6.07, 6.45) is 6.45. The first-order chi connectivity index (χ1) is 9.15. The second kappa shape index (κ2) is 4.72. The molecule has 0 spiro atoms. The number of aromatic nitrogens is 2. The molecule has 0 unspecified atom stereocenters. The highest BCUT2D eigenvalue weighted by Crippen LogP contribution is 2.32. The minimum absolute atomic E-state index is 0.572. The Balaban J connectivity index is 2.00. The Morgan fingerprint density at radius 3 is 2.74 bits per heavy atom. The summed E-state index contributed by atoms with van der Waals surface area (Å²) in [6, 6.07) is 7.40. The maximum atomic E-state index is 4.25. The molecule has 100 valence electrons. The van der Waals surface area contributed by atoms with Crippen LogP contribution < -0.4 is 4.90 Å². The lowest BCUT2D eigenvalue weighted by molar-refractivity contribution is 0.626. The molecule has 1 aliphatic rings. The van der Waals surface area contributed by atoms with Gasteiger partial charge >= 0.3 is 0 Å². The normalized spacial score (nSPS) is 14.8. The van der Waals surface area contributed by atoms with Crippen LogP contribution in [0.4, 0.5) is 5.69 Å². The second-order valence-electron chi connectivity index (χ2n) is 5.64. The van der Waals surface area contributed by atoms with Crippen molar-refractivity contribution in [2.45, 2.75) is 32.7 Å². The van der Waals surface area contributed by atoms with Gasteiger partial charge in [0.15, 0.2) is 0 Å². The fourth-order valence-corrected chi connectivity index (χ4v) is 2.91. The molecule has 0 fully saturated rings. The van der Waals surface area contributed by atoms with Gasteiger partial charge in [0.25, 0.3) is 0 Å². The highest BCUT2D eigenvalue weighted by Gasteiger charge is 2.19. The van der Waals surface area contributed by atoms with E-state index < -0.39 is 0 Å². The van der Waals surface area contributed by atoms with Crippen LogP contribution in [0.2, 0.25) is 0 Å². The van der Waals surface area contributed by atoms with Crippen LogP contribution in [-0.4, -0.2) is 22.4 Å². The highest BCUT2D eigenvalue weighted by atomic mass is 15.2. The first kappa shape index (κ1) is 12.3. The molecule has 0 radical (unpaired) electrons. The zero-order valence-corrected chi connectivity index (χ0v) is 11.9. The summed E-state index contributed by atoms with van der Waals surface area (Å²) in [7, 11) is 1.96. The lowest BCUT2D eigenvalue weighted by atomic mass is 9.96. The quantitative estimate of drug-likeness (QED) is 0.821. The molecule has 2 aromatic rings. The Bertz CT molecular complexity index is 583. The summed E-state index contributed by atoms with van der Waals surface area (Å²) in [6.45, 7) is 5.71. The van der Waals surface area contributed by atoms with Gasteiger partial charge in [-0.2, -0.15) is 5.10 Å². The first-order valence-electron chi connectivity index (χ1n) is 7.04. The number of anilines is 1. The van der Waals surface area contributed by atoms with Crippen molar-refractivity contribution in [1.82, 2.24) is 9.78 Å². The van der Waals surface area contributed by atoms with Crippen molar-refractivity contribution in [3.63, 3.8) is 0 Å². The van der Waals surface area contributed by atoms with Crippen LogP contribution >= 0.6 is 0 Å². The number of rotatable bonds is 2. The number of benzene rings is 1. The number of aryl methyl sites for hydroxylation is 2. The van der Waals surface area contributed by atoms with E-state index >= 15 is 0 Å². The van der Waals surface area contributed by atoms with Crippen LogP contribution in [-0.2, 0) is 13.5 Å².